The zero-order valence-corrected chi connectivity index (χ0v) is 13.0. The Morgan fingerprint density at radius 2 is 2.00 bits per heavy atom. The van der Waals surface area contributed by atoms with E-state index in [0.717, 1.165) is 18.8 Å². The van der Waals surface area contributed by atoms with Gasteiger partial charge in [-0.15, -0.1) is 11.8 Å². The molecule has 1 aromatic carbocycles. The van der Waals surface area contributed by atoms with Crippen LogP contribution in [0.1, 0.15) is 25.0 Å². The maximum absolute atomic E-state index is 4.15. The van der Waals surface area contributed by atoms with Crippen molar-refractivity contribution in [2.24, 2.45) is 5.92 Å². The van der Waals surface area contributed by atoms with Crippen molar-refractivity contribution in [1.29, 1.82) is 0 Å². The fourth-order valence-corrected chi connectivity index (χ4v) is 2.81. The summed E-state index contributed by atoms with van der Waals surface area (Å²) in [5.41, 5.74) is 2.61. The number of rotatable bonds is 7. The van der Waals surface area contributed by atoms with Crippen LogP contribution in [-0.2, 0) is 12.3 Å². The van der Waals surface area contributed by atoms with Crippen LogP contribution in [0.15, 0.2) is 53.7 Å². The largest absolute Gasteiger partial charge is 0.312 e. The molecule has 1 N–H and O–H groups in total. The minimum atomic E-state index is 0.693. The number of pyridine rings is 1. The topological polar surface area (TPSA) is 24.9 Å². The van der Waals surface area contributed by atoms with E-state index in [0.29, 0.717) is 5.92 Å². The third kappa shape index (κ3) is 5.35. The Hall–Kier alpha value is -1.32. The number of hydrogen-bond acceptors (Lipinski definition) is 3. The number of nitrogens with one attached hydrogen (secondary N) is 1. The van der Waals surface area contributed by atoms with E-state index < -0.39 is 0 Å². The van der Waals surface area contributed by atoms with Crippen LogP contribution in [0.3, 0.4) is 0 Å². The van der Waals surface area contributed by atoms with Crippen LogP contribution in [0.5, 0.6) is 0 Å². The average molecular weight is 286 g/mol. The standard InChI is InChI=1S/C17H22N2S/c1-14(2)10-19-11-15-5-3-7-17(9-15)20-13-16-6-4-8-18-12-16/h3-9,12,14,19H,10-11,13H2,1-2H3. The van der Waals surface area contributed by atoms with Crippen LogP contribution < -0.4 is 5.32 Å². The summed E-state index contributed by atoms with van der Waals surface area (Å²) in [6.45, 7) is 6.47. The third-order valence-electron chi connectivity index (χ3n) is 2.91. The molecule has 0 spiro atoms. The van der Waals surface area contributed by atoms with Crippen molar-refractivity contribution in [2.75, 3.05) is 6.54 Å². The molecule has 2 nitrogen and oxygen atoms in total. The van der Waals surface area contributed by atoms with Crippen molar-refractivity contribution in [2.45, 2.75) is 31.0 Å². The molecule has 0 aliphatic rings. The lowest BCUT2D eigenvalue weighted by atomic mass is 10.2. The second kappa shape index (κ2) is 8.08. The fraction of sp³-hybridized carbons (Fsp3) is 0.353. The number of aromatic nitrogens is 1. The molecule has 1 heterocycles. The minimum absolute atomic E-state index is 0.693. The maximum Gasteiger partial charge on any atom is 0.0308 e. The van der Waals surface area contributed by atoms with Gasteiger partial charge in [-0.1, -0.05) is 32.0 Å². The number of hydrogen-bond donors (Lipinski definition) is 1. The molecule has 2 rings (SSSR count). The van der Waals surface area contributed by atoms with Gasteiger partial charge in [-0.25, -0.2) is 0 Å². The molecule has 0 atom stereocenters. The van der Waals surface area contributed by atoms with Gasteiger partial charge in [-0.05, 0) is 41.8 Å². The summed E-state index contributed by atoms with van der Waals surface area (Å²) in [7, 11) is 0. The van der Waals surface area contributed by atoms with Gasteiger partial charge in [0.15, 0.2) is 0 Å². The van der Waals surface area contributed by atoms with Gasteiger partial charge in [-0.2, -0.15) is 0 Å². The highest BCUT2D eigenvalue weighted by molar-refractivity contribution is 7.98. The van der Waals surface area contributed by atoms with Gasteiger partial charge >= 0.3 is 0 Å². The molecule has 0 saturated carbocycles. The van der Waals surface area contributed by atoms with E-state index in [1.165, 1.54) is 16.0 Å². The van der Waals surface area contributed by atoms with Gasteiger partial charge in [-0.3, -0.25) is 4.98 Å². The van der Waals surface area contributed by atoms with E-state index in [-0.39, 0.29) is 0 Å². The lowest BCUT2D eigenvalue weighted by Gasteiger charge is -2.09. The Morgan fingerprint density at radius 3 is 2.75 bits per heavy atom. The highest BCUT2D eigenvalue weighted by atomic mass is 32.2. The quantitative estimate of drug-likeness (QED) is 0.775. The number of nitrogens with zero attached hydrogens (tertiary/aromatic N) is 1. The first-order valence-electron chi connectivity index (χ1n) is 7.05. The van der Waals surface area contributed by atoms with Crippen LogP contribution in [0, 0.1) is 5.92 Å². The normalized spacial score (nSPS) is 10.9. The Balaban J connectivity index is 1.86. The maximum atomic E-state index is 4.15. The van der Waals surface area contributed by atoms with Crippen molar-refractivity contribution < 1.29 is 0 Å². The molecule has 3 heteroatoms. The average Bonchev–Trinajstić information content (AvgIpc) is 2.46. The van der Waals surface area contributed by atoms with Crippen LogP contribution in [0.4, 0.5) is 0 Å². The van der Waals surface area contributed by atoms with Crippen LogP contribution >= 0.6 is 11.8 Å². The van der Waals surface area contributed by atoms with E-state index in [4.69, 9.17) is 0 Å². The predicted octanol–water partition coefficient (Wildman–Crippen LogP) is 4.12. The van der Waals surface area contributed by atoms with E-state index in [1.807, 2.05) is 30.2 Å². The van der Waals surface area contributed by atoms with Crippen LogP contribution in [0.25, 0.3) is 0 Å². The van der Waals surface area contributed by atoms with Crippen molar-refractivity contribution in [3.63, 3.8) is 0 Å². The molecule has 0 radical (unpaired) electrons. The van der Waals surface area contributed by atoms with E-state index in [1.54, 1.807) is 0 Å². The zero-order valence-electron chi connectivity index (χ0n) is 12.2. The molecule has 0 fully saturated rings. The summed E-state index contributed by atoms with van der Waals surface area (Å²) in [5, 5.41) is 3.48. The first kappa shape index (κ1) is 15.1. The monoisotopic (exact) mass is 286 g/mol. The molecule has 0 amide bonds. The molecule has 20 heavy (non-hydrogen) atoms. The summed E-state index contributed by atoms with van der Waals surface area (Å²) in [4.78, 5) is 5.47. The van der Waals surface area contributed by atoms with E-state index in [2.05, 4.69) is 54.5 Å². The van der Waals surface area contributed by atoms with Crippen molar-refractivity contribution in [1.82, 2.24) is 10.3 Å². The summed E-state index contributed by atoms with van der Waals surface area (Å²) in [6.07, 6.45) is 3.75. The Morgan fingerprint density at radius 1 is 1.15 bits per heavy atom. The lowest BCUT2D eigenvalue weighted by Crippen LogP contribution is -2.18. The van der Waals surface area contributed by atoms with Crippen LogP contribution in [-0.4, -0.2) is 11.5 Å². The van der Waals surface area contributed by atoms with Gasteiger partial charge in [0.25, 0.3) is 0 Å². The molecule has 106 valence electrons. The third-order valence-corrected chi connectivity index (χ3v) is 3.97. The second-order valence-electron chi connectivity index (χ2n) is 5.32. The second-order valence-corrected chi connectivity index (χ2v) is 6.37. The van der Waals surface area contributed by atoms with E-state index >= 15 is 0 Å². The zero-order chi connectivity index (χ0) is 14.2. The first-order chi connectivity index (χ1) is 9.74. The summed E-state index contributed by atoms with van der Waals surface area (Å²) < 4.78 is 0. The molecule has 0 bridgehead atoms. The summed E-state index contributed by atoms with van der Waals surface area (Å²) in [6, 6.07) is 12.9. The minimum Gasteiger partial charge on any atom is -0.312 e. The number of thioether (sulfide) groups is 1. The van der Waals surface area contributed by atoms with Crippen molar-refractivity contribution >= 4 is 11.8 Å². The molecule has 1 aromatic heterocycles. The highest BCUT2D eigenvalue weighted by Gasteiger charge is 1.99. The Kier molecular flexibility index (Phi) is 6.09. The molecular formula is C17H22N2S. The smallest absolute Gasteiger partial charge is 0.0308 e. The van der Waals surface area contributed by atoms with Gasteiger partial charge in [0.1, 0.15) is 0 Å². The van der Waals surface area contributed by atoms with Gasteiger partial charge in [0.05, 0.1) is 0 Å². The van der Waals surface area contributed by atoms with E-state index in [9.17, 15) is 0 Å². The van der Waals surface area contributed by atoms with Crippen molar-refractivity contribution in [3.05, 3.63) is 59.9 Å². The molecule has 0 aliphatic heterocycles. The lowest BCUT2D eigenvalue weighted by molar-refractivity contribution is 0.552. The number of benzene rings is 1. The SMILES string of the molecule is CC(C)CNCc1cccc(SCc2cccnc2)c1. The predicted molar refractivity (Wildman–Crippen MR) is 86.8 cm³/mol. The molecular weight excluding hydrogens is 264 g/mol. The van der Waals surface area contributed by atoms with Crippen LogP contribution in [0.2, 0.25) is 0 Å². The van der Waals surface area contributed by atoms with Gasteiger partial charge in [0, 0.05) is 29.6 Å². The molecule has 0 aliphatic carbocycles. The summed E-state index contributed by atoms with van der Waals surface area (Å²) >= 11 is 1.86. The Bertz CT molecular complexity index is 511. The molecule has 0 unspecified atom stereocenters. The van der Waals surface area contributed by atoms with Crippen molar-refractivity contribution in [3.8, 4) is 0 Å². The van der Waals surface area contributed by atoms with Gasteiger partial charge < -0.3 is 5.32 Å². The molecule has 2 aromatic rings. The van der Waals surface area contributed by atoms with Gasteiger partial charge in [0.2, 0.25) is 0 Å². The fourth-order valence-electron chi connectivity index (χ4n) is 1.90. The highest BCUT2D eigenvalue weighted by Crippen LogP contribution is 2.23. The summed E-state index contributed by atoms with van der Waals surface area (Å²) in [5.74, 6) is 1.66. The first-order valence-corrected chi connectivity index (χ1v) is 8.04. The molecule has 0 saturated heterocycles. The Labute approximate surface area is 126 Å².